The Labute approximate surface area is 197 Å². The molecule has 33 heavy (non-hydrogen) atoms. The molecule has 3 aliphatic carbocycles. The second-order valence-corrected chi connectivity index (χ2v) is 9.38. The lowest BCUT2D eigenvalue weighted by molar-refractivity contribution is 0.0791. The highest BCUT2D eigenvalue weighted by Crippen LogP contribution is 2.43. The molecule has 9 heteroatoms. The molecule has 0 radical (unpaired) electrons. The quantitative estimate of drug-likeness (QED) is 0.389. The van der Waals surface area contributed by atoms with Gasteiger partial charge in [-0.05, 0) is 55.4 Å². The van der Waals surface area contributed by atoms with E-state index in [2.05, 4.69) is 50.2 Å². The van der Waals surface area contributed by atoms with Crippen molar-refractivity contribution in [2.45, 2.75) is 50.4 Å². The second-order valence-electron chi connectivity index (χ2n) is 8.97. The average Bonchev–Trinajstić information content (AvgIpc) is 3.36. The highest BCUT2D eigenvalue weighted by Gasteiger charge is 2.47. The van der Waals surface area contributed by atoms with Gasteiger partial charge in [-0.1, -0.05) is 29.8 Å². The SMILES string of the molecule is CNC(=O)OC1C2C=CC(C2)C1Nc1nc(Nc2ccc3c(c2)CCC(O)CC3)ncc1Cl. The number of halogens is 1. The molecule has 5 rings (SSSR count). The van der Waals surface area contributed by atoms with E-state index in [0.29, 0.717) is 16.8 Å². The number of fused-ring (bicyclic) bond motifs is 3. The van der Waals surface area contributed by atoms with Gasteiger partial charge in [-0.25, -0.2) is 9.78 Å². The molecule has 8 nitrogen and oxygen atoms in total. The molecule has 1 saturated carbocycles. The Bertz CT molecular complexity index is 1080. The second kappa shape index (κ2) is 9.19. The van der Waals surface area contributed by atoms with Crippen LogP contribution < -0.4 is 16.0 Å². The summed E-state index contributed by atoms with van der Waals surface area (Å²) in [7, 11) is 1.55. The van der Waals surface area contributed by atoms with Crippen LogP contribution in [-0.2, 0) is 17.6 Å². The number of alkyl carbamates (subject to hydrolysis) is 1. The number of carbonyl (C=O) groups is 1. The molecule has 5 atom stereocenters. The van der Waals surface area contributed by atoms with Crippen LogP contribution in [0.3, 0.4) is 0 Å². The van der Waals surface area contributed by atoms with Crippen LogP contribution in [0.25, 0.3) is 0 Å². The number of aryl methyl sites for hydroxylation is 2. The lowest BCUT2D eigenvalue weighted by Crippen LogP contribution is -2.42. The zero-order valence-electron chi connectivity index (χ0n) is 18.4. The van der Waals surface area contributed by atoms with Crippen LogP contribution >= 0.6 is 11.6 Å². The van der Waals surface area contributed by atoms with Crippen molar-refractivity contribution in [3.8, 4) is 0 Å². The number of aliphatic hydroxyl groups is 1. The van der Waals surface area contributed by atoms with Crippen molar-refractivity contribution in [2.24, 2.45) is 11.8 Å². The molecule has 3 aliphatic rings. The minimum Gasteiger partial charge on any atom is -0.443 e. The zero-order chi connectivity index (χ0) is 22.9. The van der Waals surface area contributed by atoms with E-state index >= 15 is 0 Å². The molecule has 4 N–H and O–H groups in total. The lowest BCUT2D eigenvalue weighted by Gasteiger charge is -2.29. The molecule has 0 saturated heterocycles. The monoisotopic (exact) mass is 469 g/mol. The number of hydrogen-bond donors (Lipinski definition) is 4. The van der Waals surface area contributed by atoms with Crippen molar-refractivity contribution in [3.05, 3.63) is 52.7 Å². The molecular weight excluding hydrogens is 442 g/mol. The summed E-state index contributed by atoms with van der Waals surface area (Å²) in [5.41, 5.74) is 3.41. The van der Waals surface area contributed by atoms with Crippen molar-refractivity contribution >= 4 is 35.1 Å². The number of amides is 1. The third kappa shape index (κ3) is 4.63. The number of benzene rings is 1. The zero-order valence-corrected chi connectivity index (χ0v) is 19.2. The van der Waals surface area contributed by atoms with Crippen molar-refractivity contribution in [1.29, 1.82) is 0 Å². The number of carbonyl (C=O) groups excluding carboxylic acids is 1. The molecule has 2 aromatic rings. The maximum absolute atomic E-state index is 11.8. The van der Waals surface area contributed by atoms with E-state index in [9.17, 15) is 9.90 Å². The number of aromatic nitrogens is 2. The summed E-state index contributed by atoms with van der Waals surface area (Å²) in [5.74, 6) is 1.36. The van der Waals surface area contributed by atoms with Crippen LogP contribution in [0.5, 0.6) is 0 Å². The number of nitrogens with one attached hydrogen (secondary N) is 3. The van der Waals surface area contributed by atoms with Gasteiger partial charge in [0.2, 0.25) is 5.95 Å². The Hall–Kier alpha value is -2.84. The van der Waals surface area contributed by atoms with Crippen molar-refractivity contribution < 1.29 is 14.6 Å². The molecule has 1 heterocycles. The molecular formula is C24H28ClN5O3. The van der Waals surface area contributed by atoms with Crippen LogP contribution in [0.15, 0.2) is 36.5 Å². The van der Waals surface area contributed by atoms with E-state index < -0.39 is 6.09 Å². The highest BCUT2D eigenvalue weighted by atomic mass is 35.5. The Morgan fingerprint density at radius 2 is 1.97 bits per heavy atom. The average molecular weight is 470 g/mol. The molecule has 1 aromatic heterocycles. The molecule has 1 amide bonds. The normalized spacial score (nSPS) is 27.5. The van der Waals surface area contributed by atoms with Crippen LogP contribution in [0, 0.1) is 11.8 Å². The van der Waals surface area contributed by atoms with Crippen LogP contribution in [0.2, 0.25) is 5.02 Å². The lowest BCUT2D eigenvalue weighted by atomic mass is 9.98. The smallest absolute Gasteiger partial charge is 0.407 e. The van der Waals surface area contributed by atoms with E-state index in [4.69, 9.17) is 16.3 Å². The molecule has 1 fully saturated rings. The van der Waals surface area contributed by atoms with Gasteiger partial charge >= 0.3 is 6.09 Å². The van der Waals surface area contributed by atoms with Crippen molar-refractivity contribution in [2.75, 3.05) is 17.7 Å². The summed E-state index contributed by atoms with van der Waals surface area (Å²) < 4.78 is 5.63. The molecule has 5 unspecified atom stereocenters. The van der Waals surface area contributed by atoms with Gasteiger partial charge in [-0.15, -0.1) is 0 Å². The van der Waals surface area contributed by atoms with Gasteiger partial charge in [0.15, 0.2) is 5.82 Å². The largest absolute Gasteiger partial charge is 0.443 e. The van der Waals surface area contributed by atoms with E-state index in [1.165, 1.54) is 11.1 Å². The number of aliphatic hydroxyl groups excluding tert-OH is 1. The maximum atomic E-state index is 11.8. The summed E-state index contributed by atoms with van der Waals surface area (Å²) in [4.78, 5) is 20.8. The molecule has 174 valence electrons. The number of anilines is 3. The van der Waals surface area contributed by atoms with Crippen LogP contribution in [0.1, 0.15) is 30.4 Å². The van der Waals surface area contributed by atoms with Gasteiger partial charge in [0.1, 0.15) is 11.1 Å². The van der Waals surface area contributed by atoms with Crippen LogP contribution in [0.4, 0.5) is 22.2 Å². The molecule has 0 aliphatic heterocycles. The fourth-order valence-corrected chi connectivity index (χ4v) is 5.24. The first-order valence-corrected chi connectivity index (χ1v) is 11.8. The van der Waals surface area contributed by atoms with E-state index in [-0.39, 0.29) is 30.1 Å². The first-order valence-electron chi connectivity index (χ1n) is 11.4. The van der Waals surface area contributed by atoms with E-state index in [0.717, 1.165) is 37.8 Å². The Morgan fingerprint density at radius 3 is 2.79 bits per heavy atom. The Kier molecular flexibility index (Phi) is 6.12. The summed E-state index contributed by atoms with van der Waals surface area (Å²) in [6.45, 7) is 0. The van der Waals surface area contributed by atoms with E-state index in [1.807, 2.05) is 6.07 Å². The maximum Gasteiger partial charge on any atom is 0.407 e. The van der Waals surface area contributed by atoms with Crippen molar-refractivity contribution in [1.82, 2.24) is 15.3 Å². The summed E-state index contributed by atoms with van der Waals surface area (Å²) >= 11 is 6.41. The minimum atomic E-state index is -0.445. The molecule has 0 spiro atoms. The summed E-state index contributed by atoms with van der Waals surface area (Å²) in [6.07, 6.45) is 9.12. The first-order chi connectivity index (χ1) is 16.0. The molecule has 1 aromatic carbocycles. The topological polar surface area (TPSA) is 108 Å². The standard InChI is InChI=1S/C24H28ClN5O3/c1-26-24(32)33-21-16-3-2-15(10-16)20(21)29-22-19(25)12-27-23(30-22)28-17-7-4-13-5-8-18(31)9-6-14(13)11-17/h2-4,7,11-12,15-16,18,20-21,31H,5-6,8-10H2,1H3,(H,26,32)(H2,27,28,29,30). The third-order valence-corrected chi connectivity index (χ3v) is 7.11. The number of rotatable bonds is 5. The van der Waals surface area contributed by atoms with Gasteiger partial charge < -0.3 is 25.8 Å². The van der Waals surface area contributed by atoms with E-state index in [1.54, 1.807) is 13.2 Å². The summed E-state index contributed by atoms with van der Waals surface area (Å²) in [5, 5.41) is 19.6. The predicted octanol–water partition coefficient (Wildman–Crippen LogP) is 3.82. The Balaban J connectivity index is 1.33. The summed E-state index contributed by atoms with van der Waals surface area (Å²) in [6, 6.07) is 6.10. The van der Waals surface area contributed by atoms with Crippen LogP contribution in [-0.4, -0.2) is 46.5 Å². The third-order valence-electron chi connectivity index (χ3n) is 6.84. The molecule has 2 bridgehead atoms. The van der Waals surface area contributed by atoms with Gasteiger partial charge in [0.05, 0.1) is 18.3 Å². The van der Waals surface area contributed by atoms with Gasteiger partial charge in [-0.2, -0.15) is 4.98 Å². The highest BCUT2D eigenvalue weighted by molar-refractivity contribution is 6.32. The fourth-order valence-electron chi connectivity index (χ4n) is 5.09. The van der Waals surface area contributed by atoms with Gasteiger partial charge in [0, 0.05) is 24.6 Å². The first kappa shape index (κ1) is 22.0. The fraction of sp³-hybridized carbons (Fsp3) is 0.458. The number of nitrogens with zero attached hydrogens (tertiary/aromatic N) is 2. The number of hydrogen-bond acceptors (Lipinski definition) is 7. The predicted molar refractivity (Wildman–Crippen MR) is 127 cm³/mol. The minimum absolute atomic E-state index is 0.114. The van der Waals surface area contributed by atoms with Gasteiger partial charge in [-0.3, -0.25) is 0 Å². The Morgan fingerprint density at radius 1 is 1.18 bits per heavy atom. The number of ether oxygens (including phenoxy) is 1. The van der Waals surface area contributed by atoms with Crippen molar-refractivity contribution in [3.63, 3.8) is 0 Å². The van der Waals surface area contributed by atoms with Gasteiger partial charge in [0.25, 0.3) is 0 Å².